The van der Waals surface area contributed by atoms with E-state index in [-0.39, 0.29) is 5.91 Å². The van der Waals surface area contributed by atoms with Crippen LogP contribution in [0.4, 0.5) is 5.82 Å². The van der Waals surface area contributed by atoms with Crippen molar-refractivity contribution in [2.24, 2.45) is 5.92 Å². The van der Waals surface area contributed by atoms with E-state index in [2.05, 4.69) is 33.0 Å². The number of hydrogen-bond acceptors (Lipinski definition) is 7. The minimum atomic E-state index is -0.929. The molecule has 1 amide bonds. The Bertz CT molecular complexity index is 1190. The van der Waals surface area contributed by atoms with Crippen molar-refractivity contribution in [3.63, 3.8) is 0 Å². The van der Waals surface area contributed by atoms with Crippen LogP contribution in [0.2, 0.25) is 0 Å². The van der Waals surface area contributed by atoms with Gasteiger partial charge in [-0.15, -0.1) is 0 Å². The summed E-state index contributed by atoms with van der Waals surface area (Å²) in [5, 5.41) is 10.2. The highest BCUT2D eigenvalue weighted by atomic mass is 79.9. The lowest BCUT2D eigenvalue weighted by Gasteiger charge is -2.33. The Morgan fingerprint density at radius 1 is 1.23 bits per heavy atom. The van der Waals surface area contributed by atoms with Gasteiger partial charge in [-0.1, -0.05) is 0 Å². The number of rotatable bonds is 6. The average molecular weight is 560 g/mol. The summed E-state index contributed by atoms with van der Waals surface area (Å²) in [4.78, 5) is 28.8. The Balaban J connectivity index is 1.28. The molecule has 8 nitrogen and oxygen atoms in total. The molecule has 4 aliphatic rings. The number of nitrogens with zero attached hydrogens (tertiary/aromatic N) is 5. The largest absolute Gasteiger partial charge is 0.384 e. The zero-order valence-corrected chi connectivity index (χ0v) is 22.3. The third kappa shape index (κ3) is 5.34. The SMILES string of the molecule is C[C@H](O)C(=O)N1CCC(CCn2cnc(N)c3nc(Sc4cc5c(cc4Br)CCCC5)nc2-3)CC1. The van der Waals surface area contributed by atoms with E-state index in [1.54, 1.807) is 23.0 Å². The number of imidazole rings is 1. The average Bonchev–Trinajstić information content (AvgIpc) is 3.29. The molecule has 5 rings (SSSR count). The predicted molar refractivity (Wildman–Crippen MR) is 139 cm³/mol. The van der Waals surface area contributed by atoms with Crippen molar-refractivity contribution in [1.29, 1.82) is 0 Å². The molecule has 0 bridgehead atoms. The fourth-order valence-corrected chi connectivity index (χ4v) is 6.54. The van der Waals surface area contributed by atoms with Crippen LogP contribution in [0.25, 0.3) is 11.5 Å². The molecule has 0 unspecified atom stereocenters. The number of aromatic nitrogens is 4. The number of amides is 1. The van der Waals surface area contributed by atoms with Gasteiger partial charge < -0.3 is 20.3 Å². The Kier molecular flexibility index (Phi) is 7.31. The maximum absolute atomic E-state index is 12.0. The summed E-state index contributed by atoms with van der Waals surface area (Å²) < 4.78 is 3.12. The molecule has 3 aliphatic heterocycles. The third-order valence-corrected chi connectivity index (χ3v) is 8.97. The standard InChI is InChI=1S/C25H31BrN6O2S/c1-15(33)24(34)31-9-6-16(7-10-31)8-11-32-14-28-22(27)21-23(32)30-25(29-21)35-20-13-18-5-3-2-4-17(18)12-19(20)26/h12-16,33H,2-11,27H2,1H3/t15-/m0/s1. The molecule has 1 aromatic carbocycles. The summed E-state index contributed by atoms with van der Waals surface area (Å²) in [7, 11) is 0. The van der Waals surface area contributed by atoms with Crippen molar-refractivity contribution in [3.8, 4) is 11.5 Å². The molecule has 186 valence electrons. The number of nitrogens with two attached hydrogens (primary N) is 1. The van der Waals surface area contributed by atoms with Crippen molar-refractivity contribution in [3.05, 3.63) is 34.1 Å². The highest BCUT2D eigenvalue weighted by molar-refractivity contribution is 9.10. The Labute approximate surface area is 218 Å². The summed E-state index contributed by atoms with van der Waals surface area (Å²) >= 11 is 5.30. The number of benzene rings is 1. The smallest absolute Gasteiger partial charge is 0.251 e. The minimum Gasteiger partial charge on any atom is -0.384 e. The molecule has 1 saturated heterocycles. The third-order valence-electron chi connectivity index (χ3n) is 7.13. The van der Waals surface area contributed by atoms with Gasteiger partial charge in [0.15, 0.2) is 22.5 Å². The van der Waals surface area contributed by atoms with Gasteiger partial charge in [-0.2, -0.15) is 0 Å². The zero-order valence-electron chi connectivity index (χ0n) is 19.9. The summed E-state index contributed by atoms with van der Waals surface area (Å²) in [5.74, 6) is 1.49. The molecular formula is C25H31BrN6O2S. The first-order chi connectivity index (χ1) is 16.9. The van der Waals surface area contributed by atoms with E-state index in [0.717, 1.165) is 53.8 Å². The highest BCUT2D eigenvalue weighted by Crippen LogP contribution is 2.38. The number of hydrogen-bond donors (Lipinski definition) is 2. The summed E-state index contributed by atoms with van der Waals surface area (Å²) in [6, 6.07) is 4.52. The number of aliphatic hydroxyl groups is 1. The van der Waals surface area contributed by atoms with Crippen LogP contribution in [0.3, 0.4) is 0 Å². The van der Waals surface area contributed by atoms with E-state index in [1.807, 2.05) is 4.57 Å². The summed E-state index contributed by atoms with van der Waals surface area (Å²) in [6.07, 6.45) is 8.44. The second-order valence-corrected chi connectivity index (χ2v) is 11.5. The van der Waals surface area contributed by atoms with Gasteiger partial charge in [-0.25, -0.2) is 15.0 Å². The number of carbonyl (C=O) groups is 1. The number of halogens is 1. The number of aryl methyl sites for hydroxylation is 3. The molecule has 3 heterocycles. The van der Waals surface area contributed by atoms with Gasteiger partial charge in [0.2, 0.25) is 0 Å². The van der Waals surface area contributed by atoms with Crippen molar-refractivity contribution < 1.29 is 9.90 Å². The molecule has 0 radical (unpaired) electrons. The van der Waals surface area contributed by atoms with Gasteiger partial charge in [-0.3, -0.25) is 4.79 Å². The van der Waals surface area contributed by atoms with Crippen molar-refractivity contribution >= 4 is 39.4 Å². The fourth-order valence-electron chi connectivity index (χ4n) is 5.08. The molecule has 1 atom stereocenters. The first-order valence-electron chi connectivity index (χ1n) is 12.3. The number of piperidine rings is 1. The van der Waals surface area contributed by atoms with E-state index in [0.29, 0.717) is 35.7 Å². The van der Waals surface area contributed by atoms with Gasteiger partial charge in [0.05, 0.1) is 6.33 Å². The quantitative estimate of drug-likeness (QED) is 0.467. The van der Waals surface area contributed by atoms with Crippen molar-refractivity contribution in [2.45, 2.75) is 74.6 Å². The molecule has 10 heteroatoms. The Morgan fingerprint density at radius 2 is 1.94 bits per heavy atom. The minimum absolute atomic E-state index is 0.176. The van der Waals surface area contributed by atoms with Crippen LogP contribution in [-0.4, -0.2) is 54.6 Å². The zero-order chi connectivity index (χ0) is 24.5. The molecule has 0 spiro atoms. The maximum atomic E-state index is 12.0. The van der Waals surface area contributed by atoms with E-state index in [4.69, 9.17) is 15.7 Å². The van der Waals surface area contributed by atoms with Crippen LogP contribution in [0.15, 0.2) is 33.0 Å². The van der Waals surface area contributed by atoms with Crippen LogP contribution >= 0.6 is 27.7 Å². The Hall–Kier alpha value is -2.17. The van der Waals surface area contributed by atoms with Crippen LogP contribution in [0.1, 0.15) is 50.2 Å². The molecule has 35 heavy (non-hydrogen) atoms. The molecule has 0 aromatic heterocycles. The predicted octanol–water partition coefficient (Wildman–Crippen LogP) is 4.16. The number of anilines is 1. The molecule has 1 aliphatic carbocycles. The number of carbonyl (C=O) groups excluding carboxylic acids is 1. The topological polar surface area (TPSA) is 110 Å². The first-order valence-corrected chi connectivity index (χ1v) is 13.9. The van der Waals surface area contributed by atoms with Gasteiger partial charge in [0, 0.05) is 29.0 Å². The van der Waals surface area contributed by atoms with Crippen molar-refractivity contribution in [2.75, 3.05) is 18.8 Å². The van der Waals surface area contributed by atoms with Gasteiger partial charge >= 0.3 is 0 Å². The van der Waals surface area contributed by atoms with Crippen LogP contribution in [0.5, 0.6) is 0 Å². The van der Waals surface area contributed by atoms with Crippen LogP contribution in [-0.2, 0) is 24.2 Å². The number of aliphatic hydroxyl groups excluding tert-OH is 1. The first kappa shape index (κ1) is 24.5. The fraction of sp³-hybridized carbons (Fsp3) is 0.520. The number of nitrogen functional groups attached to an aromatic ring is 1. The summed E-state index contributed by atoms with van der Waals surface area (Å²) in [6.45, 7) is 3.69. The van der Waals surface area contributed by atoms with Crippen LogP contribution < -0.4 is 5.73 Å². The van der Waals surface area contributed by atoms with E-state index < -0.39 is 6.10 Å². The summed E-state index contributed by atoms with van der Waals surface area (Å²) in [5.41, 5.74) is 9.66. The second-order valence-electron chi connectivity index (χ2n) is 9.60. The lowest BCUT2D eigenvalue weighted by molar-refractivity contribution is -0.140. The van der Waals surface area contributed by atoms with Gasteiger partial charge in [0.25, 0.3) is 5.91 Å². The van der Waals surface area contributed by atoms with E-state index >= 15 is 0 Å². The lowest BCUT2D eigenvalue weighted by Crippen LogP contribution is -2.43. The number of fused-ring (bicyclic) bond motifs is 2. The number of likely N-dealkylation sites (tertiary alicyclic amines) is 1. The molecule has 1 fully saturated rings. The normalized spacial score (nSPS) is 17.5. The van der Waals surface area contributed by atoms with Gasteiger partial charge in [-0.05, 0) is 109 Å². The highest BCUT2D eigenvalue weighted by Gasteiger charge is 2.26. The van der Waals surface area contributed by atoms with E-state index in [1.165, 1.54) is 30.9 Å². The molecule has 3 N–H and O–H groups in total. The molecule has 1 aromatic rings. The van der Waals surface area contributed by atoms with Crippen LogP contribution in [0, 0.1) is 5.92 Å². The molecular weight excluding hydrogens is 528 g/mol. The lowest BCUT2D eigenvalue weighted by atomic mass is 9.92. The second kappa shape index (κ2) is 10.4. The van der Waals surface area contributed by atoms with Crippen molar-refractivity contribution in [1.82, 2.24) is 24.4 Å². The molecule has 0 saturated carbocycles. The monoisotopic (exact) mass is 558 g/mol. The van der Waals surface area contributed by atoms with Gasteiger partial charge in [0.1, 0.15) is 6.10 Å². The van der Waals surface area contributed by atoms with E-state index in [9.17, 15) is 9.90 Å². The Morgan fingerprint density at radius 3 is 2.66 bits per heavy atom. The maximum Gasteiger partial charge on any atom is 0.251 e.